The molecule has 2 aliphatic rings. The van der Waals surface area contributed by atoms with Crippen LogP contribution in [0.1, 0.15) is 33.5 Å². The third kappa shape index (κ3) is 5.75. The maximum atomic E-state index is 14.3. The van der Waals surface area contributed by atoms with E-state index in [4.69, 9.17) is 28.0 Å². The molecule has 0 radical (unpaired) electrons. The fourth-order valence-corrected chi connectivity index (χ4v) is 5.53. The summed E-state index contributed by atoms with van der Waals surface area (Å²) in [7, 11) is 0. The molecule has 0 spiro atoms. The SMILES string of the molecule is Cc1cc(C2=NSC(c3cc(Cl)cc(Cl)c3)(C(F)(F)F)C2)ccc1C(=O)N[C@@H]1CON(CC(F)(F)F)C1=O. The van der Waals surface area contributed by atoms with E-state index in [1.807, 2.05) is 0 Å². The minimum absolute atomic E-state index is 0.0454. The maximum Gasteiger partial charge on any atom is 0.409 e. The average molecular weight is 600 g/mol. The molecule has 2 aliphatic heterocycles. The van der Waals surface area contributed by atoms with Gasteiger partial charge in [0.05, 0.1) is 5.71 Å². The van der Waals surface area contributed by atoms with E-state index in [1.165, 1.54) is 43.3 Å². The highest BCUT2D eigenvalue weighted by molar-refractivity contribution is 7.99. The van der Waals surface area contributed by atoms with Gasteiger partial charge in [-0.05, 0) is 65.9 Å². The van der Waals surface area contributed by atoms with Gasteiger partial charge in [0.25, 0.3) is 11.8 Å². The Morgan fingerprint density at radius 3 is 2.39 bits per heavy atom. The smallest absolute Gasteiger partial charge is 0.338 e. The maximum absolute atomic E-state index is 14.3. The van der Waals surface area contributed by atoms with Crippen molar-refractivity contribution in [2.45, 2.75) is 36.5 Å². The second-order valence-corrected chi connectivity index (χ2v) is 10.6. The number of aryl methyl sites for hydroxylation is 1. The lowest BCUT2D eigenvalue weighted by Gasteiger charge is -2.30. The van der Waals surface area contributed by atoms with Crippen LogP contribution in [0.15, 0.2) is 40.8 Å². The molecule has 1 saturated heterocycles. The lowest BCUT2D eigenvalue weighted by molar-refractivity contribution is -0.214. The predicted octanol–water partition coefficient (Wildman–Crippen LogP) is 6.04. The van der Waals surface area contributed by atoms with Crippen molar-refractivity contribution in [3.8, 4) is 0 Å². The minimum atomic E-state index is -4.71. The van der Waals surface area contributed by atoms with Crippen molar-refractivity contribution < 1.29 is 40.8 Å². The minimum Gasteiger partial charge on any atom is -0.338 e. The second-order valence-electron chi connectivity index (χ2n) is 8.63. The third-order valence-corrected chi connectivity index (χ3v) is 7.56. The van der Waals surface area contributed by atoms with Crippen LogP contribution in [0.3, 0.4) is 0 Å². The van der Waals surface area contributed by atoms with E-state index >= 15 is 0 Å². The van der Waals surface area contributed by atoms with Crippen molar-refractivity contribution in [3.05, 3.63) is 68.7 Å². The molecule has 0 saturated carbocycles. The number of nitrogens with zero attached hydrogens (tertiary/aromatic N) is 2. The van der Waals surface area contributed by atoms with Gasteiger partial charge in [-0.1, -0.05) is 29.3 Å². The van der Waals surface area contributed by atoms with Crippen LogP contribution in [0.2, 0.25) is 10.0 Å². The van der Waals surface area contributed by atoms with Crippen LogP contribution in [0.25, 0.3) is 0 Å². The van der Waals surface area contributed by atoms with E-state index in [2.05, 4.69) is 9.71 Å². The molecule has 4 rings (SSSR count). The van der Waals surface area contributed by atoms with Crippen LogP contribution >= 0.6 is 35.1 Å². The van der Waals surface area contributed by atoms with Gasteiger partial charge < -0.3 is 5.32 Å². The highest BCUT2D eigenvalue weighted by Crippen LogP contribution is 2.57. The van der Waals surface area contributed by atoms with Crippen LogP contribution in [0.5, 0.6) is 0 Å². The summed E-state index contributed by atoms with van der Waals surface area (Å²) in [4.78, 5) is 29.6. The molecule has 0 aromatic heterocycles. The topological polar surface area (TPSA) is 71.0 Å². The zero-order valence-corrected chi connectivity index (χ0v) is 21.5. The Kier molecular flexibility index (Phi) is 7.69. The summed E-state index contributed by atoms with van der Waals surface area (Å²) in [5, 5.41) is 2.55. The highest BCUT2D eigenvalue weighted by atomic mass is 35.5. The standard InChI is InChI=1S/C23H17Cl2F6N3O3S/c1-11-4-12(2-3-16(11)19(35)32-18-9-37-34(20(18)36)10-22(26,27)28)17-8-21(38-33-17,23(29,30)31)13-5-14(24)7-15(25)6-13/h2-7,18H,8-10H2,1H3,(H,32,35)/t18-,21?/m1/s1. The molecule has 38 heavy (non-hydrogen) atoms. The van der Waals surface area contributed by atoms with Gasteiger partial charge in [0.1, 0.15) is 19.2 Å². The number of benzene rings is 2. The Bertz CT molecular complexity index is 1300. The summed E-state index contributed by atoms with van der Waals surface area (Å²) < 4.78 is 82.2. The summed E-state index contributed by atoms with van der Waals surface area (Å²) in [6.45, 7) is -0.566. The molecule has 6 nitrogen and oxygen atoms in total. The second kappa shape index (κ2) is 10.2. The zero-order valence-electron chi connectivity index (χ0n) is 19.2. The quantitative estimate of drug-likeness (QED) is 0.336. The van der Waals surface area contributed by atoms with Crippen LogP contribution in [-0.2, 0) is 14.4 Å². The molecule has 204 valence electrons. The van der Waals surface area contributed by atoms with Gasteiger partial charge in [0.2, 0.25) is 0 Å². The first kappa shape index (κ1) is 28.5. The highest BCUT2D eigenvalue weighted by Gasteiger charge is 2.60. The van der Waals surface area contributed by atoms with Crippen LogP contribution in [0, 0.1) is 6.92 Å². The molecule has 2 atom stereocenters. The molecule has 2 aromatic rings. The molecular formula is C23H17Cl2F6N3O3S. The summed E-state index contributed by atoms with van der Waals surface area (Å²) >= 11 is 12.2. The van der Waals surface area contributed by atoms with Gasteiger partial charge in [-0.25, -0.2) is 9.46 Å². The molecule has 0 aliphatic carbocycles. The molecule has 1 fully saturated rings. The summed E-state index contributed by atoms with van der Waals surface area (Å²) in [6.07, 6.45) is -9.90. The van der Waals surface area contributed by atoms with Gasteiger partial charge in [-0.15, -0.1) is 0 Å². The Hall–Kier alpha value is -2.48. The number of carbonyl (C=O) groups excluding carboxylic acids is 2. The van der Waals surface area contributed by atoms with E-state index in [0.717, 1.165) is 0 Å². The van der Waals surface area contributed by atoms with Crippen LogP contribution < -0.4 is 5.32 Å². The Labute approximate surface area is 226 Å². The van der Waals surface area contributed by atoms with Crippen molar-refractivity contribution in [2.75, 3.05) is 13.2 Å². The fourth-order valence-electron chi connectivity index (χ4n) is 4.04. The van der Waals surface area contributed by atoms with E-state index < -0.39 is 54.5 Å². The normalized spacial score (nSPS) is 22.1. The molecule has 2 heterocycles. The third-order valence-electron chi connectivity index (χ3n) is 5.89. The number of hydrogen-bond donors (Lipinski definition) is 1. The van der Waals surface area contributed by atoms with Crippen molar-refractivity contribution in [1.82, 2.24) is 10.4 Å². The van der Waals surface area contributed by atoms with Gasteiger partial charge >= 0.3 is 12.4 Å². The summed E-state index contributed by atoms with van der Waals surface area (Å²) in [5.74, 6) is -1.81. The first-order valence-electron chi connectivity index (χ1n) is 10.8. The number of nitrogens with one attached hydrogen (secondary N) is 1. The monoisotopic (exact) mass is 599 g/mol. The predicted molar refractivity (Wildman–Crippen MR) is 129 cm³/mol. The van der Waals surface area contributed by atoms with Crippen molar-refractivity contribution >= 4 is 52.7 Å². The lowest BCUT2D eigenvalue weighted by atomic mass is 9.89. The number of halogens is 8. The number of rotatable bonds is 5. The van der Waals surface area contributed by atoms with Crippen molar-refractivity contribution in [3.63, 3.8) is 0 Å². The molecule has 15 heteroatoms. The van der Waals surface area contributed by atoms with Gasteiger partial charge in [0.15, 0.2) is 4.75 Å². The lowest BCUT2D eigenvalue weighted by Crippen LogP contribution is -2.44. The largest absolute Gasteiger partial charge is 0.409 e. The number of amides is 2. The van der Waals surface area contributed by atoms with E-state index in [1.54, 1.807) is 0 Å². The fraction of sp³-hybridized carbons (Fsp3) is 0.348. The molecule has 1 N–H and O–H groups in total. The molecule has 1 unspecified atom stereocenters. The number of carbonyl (C=O) groups is 2. The number of hydroxylamine groups is 2. The number of hydrogen-bond acceptors (Lipinski definition) is 5. The van der Waals surface area contributed by atoms with E-state index in [-0.39, 0.29) is 31.9 Å². The zero-order chi connectivity index (χ0) is 28.0. The summed E-state index contributed by atoms with van der Waals surface area (Å²) in [5.41, 5.74) is 0.734. The average Bonchev–Trinajstić information content (AvgIpc) is 3.38. The Morgan fingerprint density at radius 1 is 1.16 bits per heavy atom. The molecule has 0 bridgehead atoms. The molecule has 2 aromatic carbocycles. The number of alkyl halides is 6. The Balaban J connectivity index is 1.51. The van der Waals surface area contributed by atoms with E-state index in [0.29, 0.717) is 23.1 Å². The molecular weight excluding hydrogens is 583 g/mol. The summed E-state index contributed by atoms with van der Waals surface area (Å²) in [6, 6.07) is 6.59. The molecule has 2 amide bonds. The first-order valence-corrected chi connectivity index (χ1v) is 12.3. The van der Waals surface area contributed by atoms with Crippen LogP contribution in [-0.4, -0.2) is 54.1 Å². The van der Waals surface area contributed by atoms with E-state index in [9.17, 15) is 35.9 Å². The van der Waals surface area contributed by atoms with Gasteiger partial charge in [-0.3, -0.25) is 14.4 Å². The Morgan fingerprint density at radius 2 is 1.82 bits per heavy atom. The van der Waals surface area contributed by atoms with Crippen molar-refractivity contribution in [2.24, 2.45) is 4.40 Å². The van der Waals surface area contributed by atoms with Crippen molar-refractivity contribution in [1.29, 1.82) is 0 Å². The van der Waals surface area contributed by atoms with Gasteiger partial charge in [-0.2, -0.15) is 26.3 Å². The first-order chi connectivity index (χ1) is 17.6. The van der Waals surface area contributed by atoms with Crippen LogP contribution in [0.4, 0.5) is 26.3 Å². The van der Waals surface area contributed by atoms with Gasteiger partial charge in [0, 0.05) is 22.0 Å².